The second-order valence-corrected chi connectivity index (χ2v) is 5.70. The van der Waals surface area contributed by atoms with Gasteiger partial charge in [0.05, 0.1) is 0 Å². The second-order valence-electron chi connectivity index (χ2n) is 5.70. The molecule has 2 aliphatic rings. The molecule has 1 nitrogen and oxygen atoms in total. The predicted molar refractivity (Wildman–Crippen MR) is 61.2 cm³/mol. The van der Waals surface area contributed by atoms with E-state index in [-0.39, 0.29) is 0 Å². The van der Waals surface area contributed by atoms with Crippen molar-refractivity contribution in [2.24, 2.45) is 17.3 Å². The van der Waals surface area contributed by atoms with Gasteiger partial charge in [0, 0.05) is 0 Å². The van der Waals surface area contributed by atoms with Crippen LogP contribution in [0.5, 0.6) is 0 Å². The van der Waals surface area contributed by atoms with Crippen molar-refractivity contribution in [3.63, 3.8) is 0 Å². The molecule has 2 atom stereocenters. The summed E-state index contributed by atoms with van der Waals surface area (Å²) in [7, 11) is 0. The van der Waals surface area contributed by atoms with Crippen molar-refractivity contribution in [3.05, 3.63) is 12.2 Å². The van der Waals surface area contributed by atoms with E-state index < -0.39 is 0 Å². The van der Waals surface area contributed by atoms with Crippen molar-refractivity contribution in [2.75, 3.05) is 13.1 Å². The minimum atomic E-state index is 0.638. The maximum atomic E-state index is 3.64. The van der Waals surface area contributed by atoms with Gasteiger partial charge in [-0.05, 0) is 56.0 Å². The van der Waals surface area contributed by atoms with Crippen molar-refractivity contribution in [2.45, 2.75) is 39.5 Å². The van der Waals surface area contributed by atoms with Gasteiger partial charge in [0.15, 0.2) is 0 Å². The van der Waals surface area contributed by atoms with Gasteiger partial charge in [0.2, 0.25) is 0 Å². The van der Waals surface area contributed by atoms with Crippen molar-refractivity contribution in [1.29, 1.82) is 0 Å². The summed E-state index contributed by atoms with van der Waals surface area (Å²) in [6, 6.07) is 0. The fourth-order valence-corrected chi connectivity index (χ4v) is 2.43. The zero-order chi connectivity index (χ0) is 10.0. The molecule has 0 bridgehead atoms. The number of rotatable bonds is 4. The largest absolute Gasteiger partial charge is 0.316 e. The van der Waals surface area contributed by atoms with E-state index in [4.69, 9.17) is 0 Å². The average Bonchev–Trinajstić information content (AvgIpc) is 2.76. The Morgan fingerprint density at radius 1 is 1.29 bits per heavy atom. The summed E-state index contributed by atoms with van der Waals surface area (Å²) in [5.74, 6) is 1.85. The zero-order valence-corrected chi connectivity index (χ0v) is 9.55. The topological polar surface area (TPSA) is 12.0 Å². The zero-order valence-electron chi connectivity index (χ0n) is 9.55. The third kappa shape index (κ3) is 2.60. The van der Waals surface area contributed by atoms with Gasteiger partial charge in [0.25, 0.3) is 0 Å². The Hall–Kier alpha value is -0.300. The number of hydrogen-bond donors (Lipinski definition) is 1. The molecule has 0 radical (unpaired) electrons. The van der Waals surface area contributed by atoms with Gasteiger partial charge in [-0.15, -0.1) is 0 Å². The van der Waals surface area contributed by atoms with E-state index in [1.54, 1.807) is 0 Å². The first-order valence-corrected chi connectivity index (χ1v) is 6.04. The van der Waals surface area contributed by atoms with Gasteiger partial charge in [-0.1, -0.05) is 26.0 Å². The normalized spacial score (nSPS) is 34.4. The minimum absolute atomic E-state index is 0.638. The summed E-state index contributed by atoms with van der Waals surface area (Å²) >= 11 is 0. The van der Waals surface area contributed by atoms with Crippen LogP contribution in [-0.2, 0) is 0 Å². The summed E-state index contributed by atoms with van der Waals surface area (Å²) < 4.78 is 0. The molecule has 1 heteroatoms. The Balaban J connectivity index is 1.57. The van der Waals surface area contributed by atoms with E-state index in [1.165, 1.54) is 38.8 Å². The first-order valence-electron chi connectivity index (χ1n) is 6.04. The summed E-state index contributed by atoms with van der Waals surface area (Å²) in [6.07, 6.45) is 10.1. The van der Waals surface area contributed by atoms with Gasteiger partial charge < -0.3 is 5.32 Å². The third-order valence-corrected chi connectivity index (χ3v) is 3.92. The van der Waals surface area contributed by atoms with Crippen molar-refractivity contribution in [1.82, 2.24) is 5.32 Å². The molecule has 14 heavy (non-hydrogen) atoms. The molecule has 80 valence electrons. The third-order valence-electron chi connectivity index (χ3n) is 3.92. The predicted octanol–water partition coefficient (Wildman–Crippen LogP) is 2.98. The Morgan fingerprint density at radius 3 is 2.64 bits per heavy atom. The van der Waals surface area contributed by atoms with Crippen LogP contribution in [0.15, 0.2) is 12.2 Å². The van der Waals surface area contributed by atoms with E-state index >= 15 is 0 Å². The lowest BCUT2D eigenvalue weighted by atomic mass is 9.94. The molecular weight excluding hydrogens is 170 g/mol. The van der Waals surface area contributed by atoms with Gasteiger partial charge in [-0.3, -0.25) is 0 Å². The Labute approximate surface area is 88.0 Å². The summed E-state index contributed by atoms with van der Waals surface area (Å²) in [4.78, 5) is 0. The maximum absolute atomic E-state index is 3.64. The summed E-state index contributed by atoms with van der Waals surface area (Å²) in [5, 5.41) is 3.64. The maximum Gasteiger partial charge on any atom is -0.00151 e. The monoisotopic (exact) mass is 193 g/mol. The van der Waals surface area contributed by atoms with Crippen LogP contribution in [0.4, 0.5) is 0 Å². The molecule has 0 saturated heterocycles. The lowest BCUT2D eigenvalue weighted by Crippen LogP contribution is -2.26. The van der Waals surface area contributed by atoms with Crippen LogP contribution in [0, 0.1) is 17.3 Å². The van der Waals surface area contributed by atoms with Crippen LogP contribution in [0.2, 0.25) is 0 Å². The molecular formula is C13H23N. The first kappa shape index (κ1) is 10.2. The SMILES string of the molecule is CC1(C)CC1CNCC1CC=CCC1. The molecule has 0 heterocycles. The fourth-order valence-electron chi connectivity index (χ4n) is 2.43. The van der Waals surface area contributed by atoms with E-state index in [9.17, 15) is 0 Å². The molecule has 2 rings (SSSR count). The highest BCUT2D eigenvalue weighted by Crippen LogP contribution is 2.50. The highest BCUT2D eigenvalue weighted by Gasteiger charge is 2.44. The smallest absolute Gasteiger partial charge is 0.00151 e. The van der Waals surface area contributed by atoms with Crippen molar-refractivity contribution >= 4 is 0 Å². The Kier molecular flexibility index (Phi) is 2.96. The fraction of sp³-hybridized carbons (Fsp3) is 0.846. The van der Waals surface area contributed by atoms with Crippen LogP contribution in [-0.4, -0.2) is 13.1 Å². The number of nitrogens with one attached hydrogen (secondary N) is 1. The van der Waals surface area contributed by atoms with Crippen LogP contribution < -0.4 is 5.32 Å². The van der Waals surface area contributed by atoms with E-state index in [0.717, 1.165) is 11.8 Å². The van der Waals surface area contributed by atoms with Gasteiger partial charge in [-0.2, -0.15) is 0 Å². The minimum Gasteiger partial charge on any atom is -0.316 e. The Morgan fingerprint density at radius 2 is 2.07 bits per heavy atom. The quantitative estimate of drug-likeness (QED) is 0.677. The highest BCUT2D eigenvalue weighted by atomic mass is 14.9. The molecule has 2 unspecified atom stereocenters. The molecule has 0 aromatic heterocycles. The lowest BCUT2D eigenvalue weighted by molar-refractivity contribution is 0.423. The molecule has 1 fully saturated rings. The molecule has 1 saturated carbocycles. The van der Waals surface area contributed by atoms with Gasteiger partial charge >= 0.3 is 0 Å². The van der Waals surface area contributed by atoms with Crippen molar-refractivity contribution < 1.29 is 0 Å². The van der Waals surface area contributed by atoms with Crippen LogP contribution >= 0.6 is 0 Å². The second kappa shape index (κ2) is 4.06. The van der Waals surface area contributed by atoms with Crippen molar-refractivity contribution in [3.8, 4) is 0 Å². The molecule has 0 aliphatic heterocycles. The number of allylic oxidation sites excluding steroid dienone is 2. The lowest BCUT2D eigenvalue weighted by Gasteiger charge is -2.18. The summed E-state index contributed by atoms with van der Waals surface area (Å²) in [6.45, 7) is 7.23. The molecule has 1 N–H and O–H groups in total. The molecule has 2 aliphatic carbocycles. The Bertz CT molecular complexity index is 217. The van der Waals surface area contributed by atoms with E-state index in [1.807, 2.05) is 0 Å². The van der Waals surface area contributed by atoms with E-state index in [0.29, 0.717) is 5.41 Å². The number of hydrogen-bond acceptors (Lipinski definition) is 1. The van der Waals surface area contributed by atoms with Crippen LogP contribution in [0.25, 0.3) is 0 Å². The summed E-state index contributed by atoms with van der Waals surface area (Å²) in [5.41, 5.74) is 0.638. The highest BCUT2D eigenvalue weighted by molar-refractivity contribution is 4.96. The molecule has 0 aromatic rings. The van der Waals surface area contributed by atoms with Crippen LogP contribution in [0.3, 0.4) is 0 Å². The first-order chi connectivity index (χ1) is 6.68. The van der Waals surface area contributed by atoms with E-state index in [2.05, 4.69) is 31.3 Å². The molecule has 0 aromatic carbocycles. The standard InChI is InChI=1S/C13H23N/c1-13(2)8-12(13)10-14-9-11-6-4-3-5-7-11/h3-4,11-12,14H,5-10H2,1-2H3. The average molecular weight is 193 g/mol. The molecule has 0 amide bonds. The van der Waals surface area contributed by atoms with Gasteiger partial charge in [-0.25, -0.2) is 0 Å². The van der Waals surface area contributed by atoms with Crippen LogP contribution in [0.1, 0.15) is 39.5 Å². The van der Waals surface area contributed by atoms with Gasteiger partial charge in [0.1, 0.15) is 0 Å². The molecule has 0 spiro atoms.